The number of hydrogen-bond acceptors (Lipinski definition) is 1. The second-order valence-electron chi connectivity index (χ2n) is 8.95. The molecule has 0 radical (unpaired) electrons. The Labute approximate surface area is 142 Å². The largest absolute Gasteiger partial charge is 0.393 e. The topological polar surface area (TPSA) is 20.2 Å². The van der Waals surface area contributed by atoms with Crippen LogP contribution in [-0.2, 0) is 0 Å². The van der Waals surface area contributed by atoms with E-state index in [-0.39, 0.29) is 6.10 Å². The van der Waals surface area contributed by atoms with Gasteiger partial charge in [0.05, 0.1) is 6.10 Å². The van der Waals surface area contributed by atoms with Gasteiger partial charge in [-0.1, -0.05) is 43.1 Å². The van der Waals surface area contributed by atoms with Crippen LogP contribution in [0.2, 0.25) is 0 Å². The van der Waals surface area contributed by atoms with Gasteiger partial charge in [0.1, 0.15) is 0 Å². The Morgan fingerprint density at radius 3 is 2.83 bits per heavy atom. The first-order chi connectivity index (χ1) is 11.1. The Morgan fingerprint density at radius 1 is 1.13 bits per heavy atom. The van der Waals surface area contributed by atoms with Crippen molar-refractivity contribution in [3.05, 3.63) is 22.8 Å². The van der Waals surface area contributed by atoms with E-state index in [1.165, 1.54) is 57.8 Å². The lowest BCUT2D eigenvalue weighted by molar-refractivity contribution is 0.0543. The van der Waals surface area contributed by atoms with E-state index >= 15 is 0 Å². The second kappa shape index (κ2) is 6.06. The molecule has 2 fully saturated rings. The summed E-state index contributed by atoms with van der Waals surface area (Å²) in [5, 5.41) is 10.0. The maximum Gasteiger partial charge on any atom is 0.0580 e. The van der Waals surface area contributed by atoms with Gasteiger partial charge in [0.15, 0.2) is 0 Å². The lowest BCUT2D eigenvalue weighted by Gasteiger charge is -2.51. The van der Waals surface area contributed by atoms with Gasteiger partial charge in [0.25, 0.3) is 0 Å². The molecule has 0 aromatic rings. The minimum absolute atomic E-state index is 0.0470. The summed E-state index contributed by atoms with van der Waals surface area (Å²) in [6, 6.07) is 0. The number of unbranched alkanes of at least 4 members (excludes halogenated alkanes) is 1. The SMILES string of the molecule is CCC/C=C1/CC[C@H]2[C@@H]3CCC4=C(CC[C@H](O)C4)[C@H]3CC[C@]12C. The minimum Gasteiger partial charge on any atom is -0.393 e. The van der Waals surface area contributed by atoms with Gasteiger partial charge < -0.3 is 5.11 Å². The zero-order valence-electron chi connectivity index (χ0n) is 15.1. The van der Waals surface area contributed by atoms with E-state index in [0.29, 0.717) is 5.41 Å². The third-order valence-corrected chi connectivity index (χ3v) is 7.87. The van der Waals surface area contributed by atoms with Crippen molar-refractivity contribution >= 4 is 0 Å². The summed E-state index contributed by atoms with van der Waals surface area (Å²) < 4.78 is 0. The summed E-state index contributed by atoms with van der Waals surface area (Å²) in [5.74, 6) is 2.75. The molecule has 4 rings (SSSR count). The van der Waals surface area contributed by atoms with Crippen molar-refractivity contribution in [2.24, 2.45) is 23.2 Å². The molecule has 1 heteroatoms. The molecule has 0 aliphatic heterocycles. The average molecular weight is 315 g/mol. The van der Waals surface area contributed by atoms with E-state index in [1.54, 1.807) is 11.1 Å². The molecule has 5 atom stereocenters. The predicted octanol–water partition coefficient (Wildman–Crippen LogP) is 5.79. The molecule has 23 heavy (non-hydrogen) atoms. The zero-order valence-corrected chi connectivity index (χ0v) is 15.1. The van der Waals surface area contributed by atoms with Crippen LogP contribution < -0.4 is 0 Å². The molecule has 128 valence electrons. The molecule has 0 heterocycles. The van der Waals surface area contributed by atoms with Crippen molar-refractivity contribution in [1.82, 2.24) is 0 Å². The third kappa shape index (κ3) is 2.54. The molecule has 4 aliphatic carbocycles. The summed E-state index contributed by atoms with van der Waals surface area (Å²) in [5.41, 5.74) is 5.79. The Bertz CT molecular complexity index is 528. The van der Waals surface area contributed by atoms with Crippen LogP contribution in [0.15, 0.2) is 22.8 Å². The average Bonchev–Trinajstić information content (AvgIpc) is 2.89. The third-order valence-electron chi connectivity index (χ3n) is 7.87. The van der Waals surface area contributed by atoms with Gasteiger partial charge in [-0.25, -0.2) is 0 Å². The van der Waals surface area contributed by atoms with E-state index in [4.69, 9.17) is 0 Å². The molecule has 0 bridgehead atoms. The Kier molecular flexibility index (Phi) is 4.20. The van der Waals surface area contributed by atoms with Crippen molar-refractivity contribution < 1.29 is 5.11 Å². The standard InChI is InChI=1S/C22H34O/c1-3-4-5-16-7-11-21-20-9-6-15-14-17(23)8-10-18(15)19(20)12-13-22(16,21)2/h5,17,19-21,23H,3-4,6-14H2,1-2H3/b16-5-/t17-,19+,20+,21-,22+/m0/s1. The van der Waals surface area contributed by atoms with Crippen molar-refractivity contribution in [1.29, 1.82) is 0 Å². The molecule has 0 unspecified atom stereocenters. The quantitative estimate of drug-likeness (QED) is 0.639. The smallest absolute Gasteiger partial charge is 0.0580 e. The summed E-state index contributed by atoms with van der Waals surface area (Å²) in [7, 11) is 0. The van der Waals surface area contributed by atoms with Crippen molar-refractivity contribution in [2.45, 2.75) is 90.6 Å². The molecule has 0 spiro atoms. The molecular weight excluding hydrogens is 280 g/mol. The molecule has 1 nitrogen and oxygen atoms in total. The van der Waals surface area contributed by atoms with E-state index in [9.17, 15) is 5.11 Å². The molecule has 0 aromatic heterocycles. The predicted molar refractivity (Wildman–Crippen MR) is 96.2 cm³/mol. The van der Waals surface area contributed by atoms with Gasteiger partial charge in [-0.2, -0.15) is 0 Å². The number of hydrogen-bond donors (Lipinski definition) is 1. The normalized spacial score (nSPS) is 44.9. The highest BCUT2D eigenvalue weighted by molar-refractivity contribution is 5.30. The van der Waals surface area contributed by atoms with Crippen LogP contribution in [0.3, 0.4) is 0 Å². The Morgan fingerprint density at radius 2 is 2.00 bits per heavy atom. The summed E-state index contributed by atoms with van der Waals surface area (Å²) >= 11 is 0. The highest BCUT2D eigenvalue weighted by atomic mass is 16.3. The number of aliphatic hydroxyl groups is 1. The number of aliphatic hydroxyl groups excluding tert-OH is 1. The monoisotopic (exact) mass is 314 g/mol. The van der Waals surface area contributed by atoms with Gasteiger partial charge >= 0.3 is 0 Å². The minimum atomic E-state index is -0.0470. The lowest BCUT2D eigenvalue weighted by atomic mass is 9.54. The Balaban J connectivity index is 1.59. The van der Waals surface area contributed by atoms with Crippen LogP contribution >= 0.6 is 0 Å². The number of rotatable bonds is 2. The zero-order chi connectivity index (χ0) is 16.0. The Hall–Kier alpha value is -0.560. The van der Waals surface area contributed by atoms with Crippen molar-refractivity contribution in [3.63, 3.8) is 0 Å². The number of allylic oxidation sites excluding steroid dienone is 3. The second-order valence-corrected chi connectivity index (χ2v) is 8.95. The molecule has 0 aromatic carbocycles. The van der Waals surface area contributed by atoms with Crippen molar-refractivity contribution in [3.8, 4) is 0 Å². The molecule has 2 saturated carbocycles. The molecular formula is C22H34O. The van der Waals surface area contributed by atoms with Gasteiger partial charge in [-0.15, -0.1) is 0 Å². The van der Waals surface area contributed by atoms with Crippen LogP contribution in [0.1, 0.15) is 84.5 Å². The fraction of sp³-hybridized carbons (Fsp3) is 0.818. The van der Waals surface area contributed by atoms with Crippen LogP contribution in [-0.4, -0.2) is 11.2 Å². The summed E-state index contributed by atoms with van der Waals surface area (Å²) in [4.78, 5) is 0. The van der Waals surface area contributed by atoms with E-state index in [0.717, 1.165) is 30.6 Å². The maximum absolute atomic E-state index is 10.0. The molecule has 0 saturated heterocycles. The van der Waals surface area contributed by atoms with Crippen LogP contribution in [0, 0.1) is 23.2 Å². The number of fused-ring (bicyclic) bond motifs is 4. The van der Waals surface area contributed by atoms with E-state index in [1.807, 2.05) is 5.57 Å². The summed E-state index contributed by atoms with van der Waals surface area (Å²) in [6.07, 6.45) is 16.6. The van der Waals surface area contributed by atoms with E-state index in [2.05, 4.69) is 19.9 Å². The first kappa shape index (κ1) is 15.9. The fourth-order valence-corrected chi connectivity index (χ4v) is 6.69. The van der Waals surface area contributed by atoms with Gasteiger partial charge in [0, 0.05) is 0 Å². The maximum atomic E-state index is 10.0. The first-order valence-corrected chi connectivity index (χ1v) is 10.2. The molecule has 0 amide bonds. The highest BCUT2D eigenvalue weighted by Gasteiger charge is 2.52. The fourth-order valence-electron chi connectivity index (χ4n) is 6.69. The van der Waals surface area contributed by atoms with Crippen LogP contribution in [0.25, 0.3) is 0 Å². The molecule has 4 aliphatic rings. The summed E-state index contributed by atoms with van der Waals surface area (Å²) in [6.45, 7) is 4.90. The highest BCUT2D eigenvalue weighted by Crippen LogP contribution is 2.63. The van der Waals surface area contributed by atoms with Gasteiger partial charge in [-0.3, -0.25) is 0 Å². The molecule has 1 N–H and O–H groups in total. The van der Waals surface area contributed by atoms with Crippen LogP contribution in [0.4, 0.5) is 0 Å². The first-order valence-electron chi connectivity index (χ1n) is 10.2. The van der Waals surface area contributed by atoms with Crippen molar-refractivity contribution in [2.75, 3.05) is 0 Å². The van der Waals surface area contributed by atoms with Gasteiger partial charge in [0.2, 0.25) is 0 Å². The van der Waals surface area contributed by atoms with E-state index < -0.39 is 0 Å². The van der Waals surface area contributed by atoms with Crippen LogP contribution in [0.5, 0.6) is 0 Å². The van der Waals surface area contributed by atoms with Gasteiger partial charge in [-0.05, 0) is 87.4 Å². The lowest BCUT2D eigenvalue weighted by Crippen LogP contribution is -2.42.